The minimum atomic E-state index is -3.87. The fourth-order valence-electron chi connectivity index (χ4n) is 3.70. The zero-order valence-electron chi connectivity index (χ0n) is 17.5. The first-order valence-corrected chi connectivity index (χ1v) is 11.7. The normalized spacial score (nSPS) is 18.9. The van der Waals surface area contributed by atoms with E-state index >= 15 is 0 Å². The summed E-state index contributed by atoms with van der Waals surface area (Å²) in [5.74, 6) is 0.525. The lowest BCUT2D eigenvalue weighted by molar-refractivity contribution is 0.0742. The second kappa shape index (κ2) is 10.1. The zero-order valence-corrected chi connectivity index (χ0v) is 18.3. The smallest absolute Gasteiger partial charge is 0.410 e. The summed E-state index contributed by atoms with van der Waals surface area (Å²) in [7, 11) is -3.87. The van der Waals surface area contributed by atoms with Gasteiger partial charge in [-0.15, -0.1) is 0 Å². The van der Waals surface area contributed by atoms with E-state index in [-0.39, 0.29) is 30.7 Å². The number of amides is 1. The van der Waals surface area contributed by atoms with Crippen molar-refractivity contribution < 1.29 is 22.1 Å². The summed E-state index contributed by atoms with van der Waals surface area (Å²) >= 11 is 0. The van der Waals surface area contributed by atoms with Crippen LogP contribution >= 0.6 is 0 Å². The van der Waals surface area contributed by atoms with Crippen molar-refractivity contribution in [3.63, 3.8) is 0 Å². The zero-order chi connectivity index (χ0) is 21.6. The molecule has 0 spiro atoms. The SMILES string of the molecule is Cc1ccc(S(=O)(=O)OCCN(C(=O)OCc2ccccc2)C2CCC(C)C2)cc1. The summed E-state index contributed by atoms with van der Waals surface area (Å²) < 4.78 is 35.6. The molecule has 0 bridgehead atoms. The molecule has 1 aliphatic rings. The monoisotopic (exact) mass is 431 g/mol. The fraction of sp³-hybridized carbons (Fsp3) is 0.435. The van der Waals surface area contributed by atoms with Crippen LogP contribution in [0.3, 0.4) is 0 Å². The van der Waals surface area contributed by atoms with Crippen LogP contribution in [0.2, 0.25) is 0 Å². The van der Waals surface area contributed by atoms with Gasteiger partial charge in [0.2, 0.25) is 0 Å². The summed E-state index contributed by atoms with van der Waals surface area (Å²) in [6.45, 7) is 4.28. The Bertz CT molecular complexity index is 928. The average Bonchev–Trinajstić information content (AvgIpc) is 3.16. The second-order valence-corrected chi connectivity index (χ2v) is 9.51. The average molecular weight is 432 g/mol. The largest absolute Gasteiger partial charge is 0.445 e. The molecule has 0 saturated heterocycles. The van der Waals surface area contributed by atoms with E-state index in [1.807, 2.05) is 37.3 Å². The van der Waals surface area contributed by atoms with Gasteiger partial charge < -0.3 is 9.64 Å². The molecule has 30 heavy (non-hydrogen) atoms. The minimum absolute atomic E-state index is 0.0361. The Labute approximate surface area is 178 Å². The maximum Gasteiger partial charge on any atom is 0.410 e. The highest BCUT2D eigenvalue weighted by Crippen LogP contribution is 2.29. The predicted molar refractivity (Wildman–Crippen MR) is 114 cm³/mol. The van der Waals surface area contributed by atoms with Crippen LogP contribution < -0.4 is 0 Å². The number of nitrogens with zero attached hydrogens (tertiary/aromatic N) is 1. The Balaban J connectivity index is 1.61. The van der Waals surface area contributed by atoms with Crippen molar-refractivity contribution in [2.45, 2.75) is 50.7 Å². The van der Waals surface area contributed by atoms with Crippen LogP contribution in [0.4, 0.5) is 4.79 Å². The Kier molecular flexibility index (Phi) is 7.50. The predicted octanol–water partition coefficient (Wildman–Crippen LogP) is 4.53. The van der Waals surface area contributed by atoms with Crippen molar-refractivity contribution in [2.75, 3.05) is 13.2 Å². The molecule has 7 heteroatoms. The van der Waals surface area contributed by atoms with Crippen LogP contribution in [-0.4, -0.2) is 38.6 Å². The van der Waals surface area contributed by atoms with Crippen molar-refractivity contribution in [1.82, 2.24) is 4.90 Å². The van der Waals surface area contributed by atoms with Gasteiger partial charge >= 0.3 is 6.09 Å². The van der Waals surface area contributed by atoms with Crippen LogP contribution in [-0.2, 0) is 25.6 Å². The van der Waals surface area contributed by atoms with E-state index in [9.17, 15) is 13.2 Å². The van der Waals surface area contributed by atoms with E-state index in [2.05, 4.69) is 6.92 Å². The van der Waals surface area contributed by atoms with Gasteiger partial charge in [0.15, 0.2) is 0 Å². The van der Waals surface area contributed by atoms with E-state index in [1.165, 1.54) is 12.1 Å². The number of carbonyl (C=O) groups is 1. The fourth-order valence-corrected chi connectivity index (χ4v) is 4.60. The van der Waals surface area contributed by atoms with Crippen molar-refractivity contribution in [1.29, 1.82) is 0 Å². The molecule has 2 aromatic carbocycles. The summed E-state index contributed by atoms with van der Waals surface area (Å²) in [6, 6.07) is 16.0. The highest BCUT2D eigenvalue weighted by molar-refractivity contribution is 7.86. The lowest BCUT2D eigenvalue weighted by Gasteiger charge is -2.28. The molecule has 162 valence electrons. The lowest BCUT2D eigenvalue weighted by atomic mass is 10.1. The minimum Gasteiger partial charge on any atom is -0.445 e. The number of hydrogen-bond acceptors (Lipinski definition) is 5. The number of rotatable bonds is 8. The van der Waals surface area contributed by atoms with Gasteiger partial charge in [0.25, 0.3) is 10.1 Å². The maximum atomic E-state index is 12.8. The van der Waals surface area contributed by atoms with E-state index in [0.717, 1.165) is 30.4 Å². The van der Waals surface area contributed by atoms with Gasteiger partial charge in [0.1, 0.15) is 6.61 Å². The topological polar surface area (TPSA) is 72.9 Å². The van der Waals surface area contributed by atoms with Gasteiger partial charge in [-0.25, -0.2) is 4.79 Å². The molecule has 0 aliphatic heterocycles. The van der Waals surface area contributed by atoms with Gasteiger partial charge in [-0.2, -0.15) is 8.42 Å². The van der Waals surface area contributed by atoms with Gasteiger partial charge in [0, 0.05) is 12.6 Å². The van der Waals surface area contributed by atoms with Gasteiger partial charge in [0.05, 0.1) is 11.5 Å². The molecule has 2 unspecified atom stereocenters. The number of ether oxygens (including phenoxy) is 1. The molecule has 0 radical (unpaired) electrons. The number of hydrogen-bond donors (Lipinski definition) is 0. The second-order valence-electron chi connectivity index (χ2n) is 7.89. The number of aryl methyl sites for hydroxylation is 1. The van der Waals surface area contributed by atoms with E-state index in [4.69, 9.17) is 8.92 Å². The van der Waals surface area contributed by atoms with Gasteiger partial charge in [-0.1, -0.05) is 55.0 Å². The maximum absolute atomic E-state index is 12.8. The van der Waals surface area contributed by atoms with Crippen LogP contribution in [0.15, 0.2) is 59.5 Å². The summed E-state index contributed by atoms with van der Waals surface area (Å²) in [6.07, 6.45) is 2.36. The molecule has 1 saturated carbocycles. The Hall–Kier alpha value is -2.38. The molecule has 0 aromatic heterocycles. The molecule has 0 N–H and O–H groups in total. The third kappa shape index (κ3) is 6.06. The quantitative estimate of drug-likeness (QED) is 0.574. The number of carbonyl (C=O) groups excluding carboxylic acids is 1. The van der Waals surface area contributed by atoms with Crippen molar-refractivity contribution in [2.24, 2.45) is 5.92 Å². The molecular weight excluding hydrogens is 402 g/mol. The van der Waals surface area contributed by atoms with Crippen molar-refractivity contribution >= 4 is 16.2 Å². The first-order chi connectivity index (χ1) is 14.3. The highest BCUT2D eigenvalue weighted by Gasteiger charge is 2.31. The molecule has 3 rings (SSSR count). The third-order valence-corrected chi connectivity index (χ3v) is 6.75. The molecule has 1 fully saturated rings. The molecule has 6 nitrogen and oxygen atoms in total. The Morgan fingerprint density at radius 1 is 1.07 bits per heavy atom. The standard InChI is InChI=1S/C23H29NO5S/c1-18-9-12-22(13-10-18)30(26,27)29-15-14-24(21-11-8-19(2)16-21)23(25)28-17-20-6-4-3-5-7-20/h3-7,9-10,12-13,19,21H,8,11,14-17H2,1-2H3. The first-order valence-electron chi connectivity index (χ1n) is 10.3. The summed E-state index contributed by atoms with van der Waals surface area (Å²) in [5, 5.41) is 0. The third-order valence-electron chi connectivity index (χ3n) is 5.43. The van der Waals surface area contributed by atoms with E-state index in [1.54, 1.807) is 17.0 Å². The van der Waals surface area contributed by atoms with E-state index in [0.29, 0.717) is 5.92 Å². The van der Waals surface area contributed by atoms with Crippen molar-refractivity contribution in [3.05, 3.63) is 65.7 Å². The molecule has 1 aliphatic carbocycles. The van der Waals surface area contributed by atoms with Crippen LogP contribution in [0, 0.1) is 12.8 Å². The van der Waals surface area contributed by atoms with Crippen LogP contribution in [0.25, 0.3) is 0 Å². The van der Waals surface area contributed by atoms with E-state index < -0.39 is 16.2 Å². The highest BCUT2D eigenvalue weighted by atomic mass is 32.2. The summed E-state index contributed by atoms with van der Waals surface area (Å²) in [5.41, 5.74) is 1.88. The Morgan fingerprint density at radius 2 is 1.77 bits per heavy atom. The molecule has 2 atom stereocenters. The first kappa shape index (κ1) is 22.3. The van der Waals surface area contributed by atoms with Crippen LogP contribution in [0.1, 0.15) is 37.3 Å². The molecular formula is C23H29NO5S. The summed E-state index contributed by atoms with van der Waals surface area (Å²) in [4.78, 5) is 14.5. The Morgan fingerprint density at radius 3 is 2.40 bits per heavy atom. The lowest BCUT2D eigenvalue weighted by Crippen LogP contribution is -2.41. The molecule has 2 aromatic rings. The molecule has 1 amide bonds. The van der Waals surface area contributed by atoms with Gasteiger partial charge in [-0.3, -0.25) is 4.18 Å². The van der Waals surface area contributed by atoms with Gasteiger partial charge in [-0.05, 0) is 49.8 Å². The molecule has 0 heterocycles. The number of benzene rings is 2. The van der Waals surface area contributed by atoms with Crippen LogP contribution in [0.5, 0.6) is 0 Å². The van der Waals surface area contributed by atoms with Crippen molar-refractivity contribution in [3.8, 4) is 0 Å².